The summed E-state index contributed by atoms with van der Waals surface area (Å²) in [6, 6.07) is 7.84. The van der Waals surface area contributed by atoms with E-state index in [1.165, 1.54) is 0 Å². The zero-order valence-electron chi connectivity index (χ0n) is 10.7. The number of rotatable bonds is 0. The maximum Gasteiger partial charge on any atom is 0.245 e. The molecule has 1 atom stereocenters. The molecule has 2 aliphatic rings. The second kappa shape index (κ2) is 3.69. The largest absolute Gasteiger partial charge is 0.457 e. The monoisotopic (exact) mass is 255 g/mol. The van der Waals surface area contributed by atoms with E-state index in [1.807, 2.05) is 25.1 Å². The van der Waals surface area contributed by atoms with Crippen LogP contribution >= 0.6 is 0 Å². The Morgan fingerprint density at radius 2 is 2.16 bits per heavy atom. The molecule has 0 saturated carbocycles. The molecule has 1 aromatic rings. The first-order valence-corrected chi connectivity index (χ1v) is 5.90. The van der Waals surface area contributed by atoms with E-state index in [-0.39, 0.29) is 11.5 Å². The van der Waals surface area contributed by atoms with Gasteiger partial charge in [-0.25, -0.2) is 0 Å². The summed E-state index contributed by atoms with van der Waals surface area (Å²) in [6.07, 6.45) is 1.72. The van der Waals surface area contributed by atoms with Crippen LogP contribution in [0.2, 0.25) is 0 Å². The van der Waals surface area contributed by atoms with Crippen LogP contribution in [0, 0.1) is 18.3 Å². The van der Waals surface area contributed by atoms with Gasteiger partial charge in [0.05, 0.1) is 5.69 Å². The number of anilines is 1. The summed E-state index contributed by atoms with van der Waals surface area (Å²) < 4.78 is 11.3. The van der Waals surface area contributed by atoms with E-state index < -0.39 is 5.72 Å². The maximum atomic E-state index is 9.30. The third kappa shape index (κ3) is 1.54. The van der Waals surface area contributed by atoms with Gasteiger partial charge in [0.25, 0.3) is 0 Å². The Kier molecular flexibility index (Phi) is 2.23. The fraction of sp³-hybridized carbons (Fsp3) is 0.214. The third-order valence-electron chi connectivity index (χ3n) is 3.20. The van der Waals surface area contributed by atoms with E-state index in [1.54, 1.807) is 13.0 Å². The lowest BCUT2D eigenvalue weighted by molar-refractivity contribution is 0.174. The molecule has 19 heavy (non-hydrogen) atoms. The quantitative estimate of drug-likeness (QED) is 0.742. The number of para-hydroxylation sites is 1. The molecular formula is C14H13N3O2. The summed E-state index contributed by atoms with van der Waals surface area (Å²) in [7, 11) is 0. The molecule has 5 heteroatoms. The normalized spacial score (nSPS) is 23.9. The first-order chi connectivity index (χ1) is 9.05. The van der Waals surface area contributed by atoms with Crippen molar-refractivity contribution in [1.82, 2.24) is 0 Å². The molecule has 0 aromatic heterocycles. The Bertz CT molecular complexity index is 670. The van der Waals surface area contributed by atoms with Gasteiger partial charge in [-0.05, 0) is 25.5 Å². The lowest BCUT2D eigenvalue weighted by Gasteiger charge is -2.30. The van der Waals surface area contributed by atoms with Gasteiger partial charge in [0.2, 0.25) is 11.6 Å². The number of nitriles is 1. The van der Waals surface area contributed by atoms with Crippen LogP contribution in [0.5, 0.6) is 5.75 Å². The van der Waals surface area contributed by atoms with E-state index >= 15 is 0 Å². The van der Waals surface area contributed by atoms with Crippen LogP contribution in [-0.4, -0.2) is 5.72 Å². The Morgan fingerprint density at radius 3 is 2.84 bits per heavy atom. The maximum absolute atomic E-state index is 9.30. The number of allylic oxidation sites excluding steroid dienone is 1. The number of benzene rings is 1. The number of nitrogens with two attached hydrogens (primary N) is 1. The summed E-state index contributed by atoms with van der Waals surface area (Å²) in [5.74, 6) is 1.39. The van der Waals surface area contributed by atoms with Gasteiger partial charge in [-0.15, -0.1) is 0 Å². The summed E-state index contributed by atoms with van der Waals surface area (Å²) in [5.41, 5.74) is 6.79. The number of aryl methyl sites for hydroxylation is 1. The standard InChI is InChI=1S/C14H13N3O2/c1-8-4-3-5-11-12(8)19-14(17-11)6-9(2)18-13(16)10(14)7-15/h3-6,17H,16H2,1-2H3/t14-/m0/s1. The first kappa shape index (κ1) is 11.5. The van der Waals surface area contributed by atoms with Crippen molar-refractivity contribution < 1.29 is 9.47 Å². The van der Waals surface area contributed by atoms with Gasteiger partial charge in [0, 0.05) is 6.08 Å². The van der Waals surface area contributed by atoms with Crippen molar-refractivity contribution in [1.29, 1.82) is 5.26 Å². The highest BCUT2D eigenvalue weighted by molar-refractivity contribution is 5.69. The van der Waals surface area contributed by atoms with Crippen molar-refractivity contribution >= 4 is 5.69 Å². The van der Waals surface area contributed by atoms with Crippen molar-refractivity contribution in [2.24, 2.45) is 5.73 Å². The molecule has 0 saturated heterocycles. The Morgan fingerprint density at radius 1 is 1.37 bits per heavy atom. The summed E-state index contributed by atoms with van der Waals surface area (Å²) in [4.78, 5) is 0. The van der Waals surface area contributed by atoms with E-state index in [9.17, 15) is 5.26 Å². The van der Waals surface area contributed by atoms with Crippen molar-refractivity contribution in [3.63, 3.8) is 0 Å². The molecule has 0 radical (unpaired) electrons. The highest BCUT2D eigenvalue weighted by atomic mass is 16.5. The lowest BCUT2D eigenvalue weighted by atomic mass is 10.0. The van der Waals surface area contributed by atoms with Gasteiger partial charge >= 0.3 is 0 Å². The number of nitrogens with one attached hydrogen (secondary N) is 1. The topological polar surface area (TPSA) is 80.3 Å². The molecule has 2 aliphatic heterocycles. The average Bonchev–Trinajstić information content (AvgIpc) is 2.68. The van der Waals surface area contributed by atoms with Crippen LogP contribution in [-0.2, 0) is 4.74 Å². The van der Waals surface area contributed by atoms with Gasteiger partial charge < -0.3 is 20.5 Å². The van der Waals surface area contributed by atoms with E-state index in [0.717, 1.165) is 17.0 Å². The molecule has 5 nitrogen and oxygen atoms in total. The summed E-state index contributed by atoms with van der Waals surface area (Å²) in [6.45, 7) is 3.72. The molecule has 1 aromatic carbocycles. The van der Waals surface area contributed by atoms with Crippen LogP contribution in [0.15, 0.2) is 41.5 Å². The van der Waals surface area contributed by atoms with Gasteiger partial charge in [-0.2, -0.15) is 5.26 Å². The van der Waals surface area contributed by atoms with Crippen molar-refractivity contribution in [2.45, 2.75) is 19.6 Å². The van der Waals surface area contributed by atoms with Crippen LogP contribution in [0.4, 0.5) is 5.69 Å². The molecule has 2 heterocycles. The predicted octanol–water partition coefficient (Wildman–Crippen LogP) is 2.12. The van der Waals surface area contributed by atoms with Gasteiger partial charge in [-0.3, -0.25) is 0 Å². The number of hydrogen-bond acceptors (Lipinski definition) is 5. The minimum atomic E-state index is -1.06. The molecular weight excluding hydrogens is 242 g/mol. The smallest absolute Gasteiger partial charge is 0.245 e. The van der Waals surface area contributed by atoms with Crippen LogP contribution < -0.4 is 15.8 Å². The number of ether oxygens (including phenoxy) is 2. The predicted molar refractivity (Wildman–Crippen MR) is 69.8 cm³/mol. The van der Waals surface area contributed by atoms with Crippen molar-refractivity contribution in [3.05, 3.63) is 47.1 Å². The number of nitrogens with zero attached hydrogens (tertiary/aromatic N) is 1. The number of fused-ring (bicyclic) bond motifs is 1. The molecule has 0 aliphatic carbocycles. The zero-order chi connectivity index (χ0) is 13.6. The highest BCUT2D eigenvalue weighted by Crippen LogP contribution is 2.44. The SMILES string of the molecule is CC1=C[C@@]2(Nc3cccc(C)c3O2)C(C#N)=C(N)O1. The molecule has 0 amide bonds. The Labute approximate surface area is 110 Å². The zero-order valence-corrected chi connectivity index (χ0v) is 10.7. The summed E-state index contributed by atoms with van der Waals surface area (Å²) in [5, 5.41) is 12.5. The third-order valence-corrected chi connectivity index (χ3v) is 3.20. The molecule has 3 N–H and O–H groups in total. The Balaban J connectivity index is 2.15. The molecule has 0 unspecified atom stereocenters. The van der Waals surface area contributed by atoms with Crippen LogP contribution in [0.1, 0.15) is 12.5 Å². The number of hydrogen-bond donors (Lipinski definition) is 2. The molecule has 3 rings (SSSR count). The average molecular weight is 255 g/mol. The second-order valence-electron chi connectivity index (χ2n) is 4.62. The highest BCUT2D eigenvalue weighted by Gasteiger charge is 2.46. The molecule has 96 valence electrons. The molecule has 0 fully saturated rings. The second-order valence-corrected chi connectivity index (χ2v) is 4.62. The summed E-state index contributed by atoms with van der Waals surface area (Å²) >= 11 is 0. The van der Waals surface area contributed by atoms with Crippen LogP contribution in [0.25, 0.3) is 0 Å². The minimum Gasteiger partial charge on any atom is -0.457 e. The van der Waals surface area contributed by atoms with Gasteiger partial charge in [-0.1, -0.05) is 12.1 Å². The first-order valence-electron chi connectivity index (χ1n) is 5.90. The lowest BCUT2D eigenvalue weighted by Crippen LogP contribution is -2.44. The fourth-order valence-electron chi connectivity index (χ4n) is 2.39. The fourth-order valence-corrected chi connectivity index (χ4v) is 2.39. The van der Waals surface area contributed by atoms with Crippen LogP contribution in [0.3, 0.4) is 0 Å². The van der Waals surface area contributed by atoms with E-state index in [4.69, 9.17) is 15.2 Å². The molecule has 1 spiro atoms. The van der Waals surface area contributed by atoms with E-state index in [2.05, 4.69) is 11.4 Å². The van der Waals surface area contributed by atoms with Crippen molar-refractivity contribution in [2.75, 3.05) is 5.32 Å². The molecule has 0 bridgehead atoms. The van der Waals surface area contributed by atoms with Gasteiger partial charge in [0.15, 0.2) is 5.57 Å². The van der Waals surface area contributed by atoms with Gasteiger partial charge in [0.1, 0.15) is 17.6 Å². The van der Waals surface area contributed by atoms with E-state index in [0.29, 0.717) is 5.76 Å². The van der Waals surface area contributed by atoms with Crippen molar-refractivity contribution in [3.8, 4) is 11.8 Å². The minimum absolute atomic E-state index is 0.0699. The Hall–Kier alpha value is -2.61.